The summed E-state index contributed by atoms with van der Waals surface area (Å²) >= 11 is 1.28. The molecule has 0 fully saturated rings. The van der Waals surface area contributed by atoms with Gasteiger partial charge < -0.3 is 14.3 Å². The minimum Gasteiger partial charge on any atom is -0.467 e. The molecule has 0 radical (unpaired) electrons. The lowest BCUT2D eigenvalue weighted by Crippen LogP contribution is -2.15. The van der Waals surface area contributed by atoms with Gasteiger partial charge in [0.2, 0.25) is 5.91 Å². The number of pyridine rings is 1. The minimum atomic E-state index is -0.214. The van der Waals surface area contributed by atoms with Crippen LogP contribution < -0.4 is 5.32 Å². The highest BCUT2D eigenvalue weighted by atomic mass is 32.2. The SMILES string of the molecule is Cc1cc(NC(=O)CSc2nnc(-c3cccnc3)n2Cc2ccco2)no1. The number of aromatic nitrogens is 5. The molecular weight excluding hydrogens is 380 g/mol. The number of furan rings is 1. The minimum absolute atomic E-state index is 0.148. The van der Waals surface area contributed by atoms with Crippen molar-refractivity contribution >= 4 is 23.5 Å². The lowest BCUT2D eigenvalue weighted by Gasteiger charge is -2.08. The highest BCUT2D eigenvalue weighted by Gasteiger charge is 2.17. The van der Waals surface area contributed by atoms with Gasteiger partial charge in [-0.3, -0.25) is 14.3 Å². The van der Waals surface area contributed by atoms with E-state index in [-0.39, 0.29) is 11.7 Å². The summed E-state index contributed by atoms with van der Waals surface area (Å²) in [7, 11) is 0. The van der Waals surface area contributed by atoms with Gasteiger partial charge in [0.25, 0.3) is 0 Å². The summed E-state index contributed by atoms with van der Waals surface area (Å²) in [5.41, 5.74) is 0.830. The number of rotatable bonds is 7. The number of amides is 1. The van der Waals surface area contributed by atoms with E-state index < -0.39 is 0 Å². The van der Waals surface area contributed by atoms with Crippen LogP contribution in [-0.4, -0.2) is 36.6 Å². The van der Waals surface area contributed by atoms with E-state index in [1.165, 1.54) is 11.8 Å². The van der Waals surface area contributed by atoms with Crippen molar-refractivity contribution in [2.75, 3.05) is 11.1 Å². The van der Waals surface area contributed by atoms with Crippen molar-refractivity contribution in [2.45, 2.75) is 18.6 Å². The molecule has 0 aliphatic heterocycles. The van der Waals surface area contributed by atoms with Gasteiger partial charge in [-0.25, -0.2) is 0 Å². The normalized spacial score (nSPS) is 10.9. The number of nitrogens with zero attached hydrogens (tertiary/aromatic N) is 5. The third-order valence-electron chi connectivity index (χ3n) is 3.76. The van der Waals surface area contributed by atoms with Gasteiger partial charge in [0, 0.05) is 24.0 Å². The second-order valence-corrected chi connectivity index (χ2v) is 6.82. The van der Waals surface area contributed by atoms with Crippen molar-refractivity contribution in [3.05, 3.63) is 60.5 Å². The molecule has 0 aromatic carbocycles. The molecule has 4 heterocycles. The van der Waals surface area contributed by atoms with Crippen LogP contribution in [0.4, 0.5) is 5.82 Å². The molecule has 142 valence electrons. The van der Waals surface area contributed by atoms with Gasteiger partial charge in [0.05, 0.1) is 18.6 Å². The second-order valence-electron chi connectivity index (χ2n) is 5.87. The number of carbonyl (C=O) groups is 1. The van der Waals surface area contributed by atoms with Crippen molar-refractivity contribution < 1.29 is 13.7 Å². The Morgan fingerprint density at radius 1 is 1.29 bits per heavy atom. The first-order valence-corrected chi connectivity index (χ1v) is 9.39. The molecule has 0 bridgehead atoms. The summed E-state index contributed by atoms with van der Waals surface area (Å²) in [6.07, 6.45) is 5.03. The zero-order chi connectivity index (χ0) is 19.3. The zero-order valence-electron chi connectivity index (χ0n) is 14.9. The van der Waals surface area contributed by atoms with Gasteiger partial charge in [-0.05, 0) is 31.2 Å². The topological polar surface area (TPSA) is 112 Å². The average Bonchev–Trinajstić information content (AvgIpc) is 3.44. The van der Waals surface area contributed by atoms with E-state index in [0.717, 1.165) is 11.3 Å². The van der Waals surface area contributed by atoms with Crippen LogP contribution in [0.15, 0.2) is 63.1 Å². The maximum Gasteiger partial charge on any atom is 0.236 e. The van der Waals surface area contributed by atoms with Crippen LogP contribution in [0, 0.1) is 6.92 Å². The van der Waals surface area contributed by atoms with E-state index in [1.807, 2.05) is 28.8 Å². The summed E-state index contributed by atoms with van der Waals surface area (Å²) in [5, 5.41) is 15.6. The molecule has 0 saturated heterocycles. The molecule has 10 heteroatoms. The average molecular weight is 396 g/mol. The molecule has 4 rings (SSSR count). The number of hydrogen-bond donors (Lipinski definition) is 1. The van der Waals surface area contributed by atoms with Crippen molar-refractivity contribution in [3.8, 4) is 11.4 Å². The van der Waals surface area contributed by atoms with E-state index in [1.54, 1.807) is 31.6 Å². The molecule has 0 aliphatic carbocycles. The van der Waals surface area contributed by atoms with Gasteiger partial charge >= 0.3 is 0 Å². The van der Waals surface area contributed by atoms with Crippen molar-refractivity contribution in [2.24, 2.45) is 0 Å². The van der Waals surface area contributed by atoms with Crippen LogP contribution in [-0.2, 0) is 11.3 Å². The highest BCUT2D eigenvalue weighted by Crippen LogP contribution is 2.25. The van der Waals surface area contributed by atoms with Gasteiger partial charge in [0.1, 0.15) is 11.5 Å². The first-order valence-electron chi connectivity index (χ1n) is 8.41. The molecule has 0 saturated carbocycles. The van der Waals surface area contributed by atoms with Crippen LogP contribution in [0.5, 0.6) is 0 Å². The van der Waals surface area contributed by atoms with Crippen LogP contribution in [0.3, 0.4) is 0 Å². The number of anilines is 1. The summed E-state index contributed by atoms with van der Waals surface area (Å²) in [5.74, 6) is 2.36. The third kappa shape index (κ3) is 4.12. The molecule has 4 aromatic heterocycles. The van der Waals surface area contributed by atoms with Crippen molar-refractivity contribution in [1.29, 1.82) is 0 Å². The maximum absolute atomic E-state index is 12.2. The van der Waals surface area contributed by atoms with Gasteiger partial charge in [0.15, 0.2) is 16.8 Å². The highest BCUT2D eigenvalue weighted by molar-refractivity contribution is 7.99. The van der Waals surface area contributed by atoms with E-state index in [9.17, 15) is 4.79 Å². The Morgan fingerprint density at radius 2 is 2.21 bits per heavy atom. The van der Waals surface area contributed by atoms with Gasteiger partial charge in [-0.1, -0.05) is 16.9 Å². The molecule has 9 nitrogen and oxygen atoms in total. The summed E-state index contributed by atoms with van der Waals surface area (Å²) in [4.78, 5) is 16.3. The zero-order valence-corrected chi connectivity index (χ0v) is 15.7. The molecule has 0 spiro atoms. The van der Waals surface area contributed by atoms with E-state index in [2.05, 4.69) is 25.7 Å². The van der Waals surface area contributed by atoms with Crippen LogP contribution in [0.2, 0.25) is 0 Å². The first-order chi connectivity index (χ1) is 13.7. The molecule has 0 atom stereocenters. The Hall–Kier alpha value is -3.40. The van der Waals surface area contributed by atoms with Crippen molar-refractivity contribution in [3.63, 3.8) is 0 Å². The lowest BCUT2D eigenvalue weighted by molar-refractivity contribution is -0.113. The van der Waals surface area contributed by atoms with E-state index in [0.29, 0.717) is 29.1 Å². The quantitative estimate of drug-likeness (QED) is 0.475. The fourth-order valence-electron chi connectivity index (χ4n) is 2.54. The Labute approximate surface area is 164 Å². The fraction of sp³-hybridized carbons (Fsp3) is 0.167. The Balaban J connectivity index is 1.52. The predicted octanol–water partition coefficient (Wildman–Crippen LogP) is 3.01. The largest absolute Gasteiger partial charge is 0.467 e. The molecule has 28 heavy (non-hydrogen) atoms. The van der Waals surface area contributed by atoms with Crippen LogP contribution in [0.1, 0.15) is 11.5 Å². The molecule has 4 aromatic rings. The summed E-state index contributed by atoms with van der Waals surface area (Å²) in [6.45, 7) is 2.20. The molecule has 0 unspecified atom stereocenters. The second kappa shape index (κ2) is 8.09. The lowest BCUT2D eigenvalue weighted by atomic mass is 10.2. The summed E-state index contributed by atoms with van der Waals surface area (Å²) < 4.78 is 12.3. The summed E-state index contributed by atoms with van der Waals surface area (Å²) in [6, 6.07) is 9.10. The molecule has 0 aliphatic rings. The van der Waals surface area contributed by atoms with Crippen LogP contribution >= 0.6 is 11.8 Å². The standard InChI is InChI=1S/C18H16N6O3S/c1-12-8-15(23-27-12)20-16(25)11-28-18-22-21-17(13-4-2-6-19-9-13)24(18)10-14-5-3-7-26-14/h2-9H,10-11H2,1H3,(H,20,23,25). The van der Waals surface area contributed by atoms with Gasteiger partial charge in [-0.2, -0.15) is 0 Å². The number of hydrogen-bond acceptors (Lipinski definition) is 8. The predicted molar refractivity (Wildman–Crippen MR) is 102 cm³/mol. The molecule has 1 N–H and O–H groups in total. The van der Waals surface area contributed by atoms with E-state index in [4.69, 9.17) is 8.94 Å². The van der Waals surface area contributed by atoms with E-state index >= 15 is 0 Å². The van der Waals surface area contributed by atoms with Crippen LogP contribution in [0.25, 0.3) is 11.4 Å². The van der Waals surface area contributed by atoms with Crippen molar-refractivity contribution in [1.82, 2.24) is 24.9 Å². The number of aryl methyl sites for hydroxylation is 1. The third-order valence-corrected chi connectivity index (χ3v) is 4.73. The first kappa shape index (κ1) is 18.0. The number of nitrogens with one attached hydrogen (secondary N) is 1. The molecular formula is C18H16N6O3S. The smallest absolute Gasteiger partial charge is 0.236 e. The Morgan fingerprint density at radius 3 is 2.93 bits per heavy atom. The number of thioether (sulfide) groups is 1. The maximum atomic E-state index is 12.2. The fourth-order valence-corrected chi connectivity index (χ4v) is 3.28. The number of carbonyl (C=O) groups excluding carboxylic acids is 1. The Bertz CT molecular complexity index is 1060. The Kier molecular flexibility index (Phi) is 5.20. The van der Waals surface area contributed by atoms with Gasteiger partial charge in [-0.15, -0.1) is 10.2 Å². The molecule has 1 amide bonds. The monoisotopic (exact) mass is 396 g/mol.